The first kappa shape index (κ1) is 26.3. The Labute approximate surface area is 207 Å². The maximum absolute atomic E-state index is 11.0. The fourth-order valence-electron chi connectivity index (χ4n) is 4.19. The Bertz CT molecular complexity index is 1320. The lowest BCUT2D eigenvalue weighted by Crippen LogP contribution is -2.33. The Morgan fingerprint density at radius 3 is 1.41 bits per heavy atom. The van der Waals surface area contributed by atoms with Crippen LogP contribution in [0.4, 0.5) is 0 Å². The van der Waals surface area contributed by atoms with Crippen LogP contribution in [0.15, 0.2) is 24.3 Å². The van der Waals surface area contributed by atoms with Crippen LogP contribution in [0.5, 0.6) is 0 Å². The van der Waals surface area contributed by atoms with Gasteiger partial charge in [0.05, 0.1) is 23.3 Å². The SMILES string of the molecule is N#Cc1cc(Cl)c2c(c1)CC[C@@H]2NS(N)(=O)=O.N#Cc1cc(Cl)c2c(c1)CC[C@H]2NS(N)(=O)=O. The number of fused-ring (bicyclic) bond motifs is 2. The molecule has 2 aromatic carbocycles. The van der Waals surface area contributed by atoms with Gasteiger partial charge in [0, 0.05) is 22.1 Å². The number of benzene rings is 2. The van der Waals surface area contributed by atoms with Crippen LogP contribution in [0.25, 0.3) is 0 Å². The van der Waals surface area contributed by atoms with Gasteiger partial charge in [0.15, 0.2) is 0 Å². The zero-order chi connectivity index (χ0) is 25.3. The first-order valence-corrected chi connectivity index (χ1v) is 13.7. The van der Waals surface area contributed by atoms with Crippen molar-refractivity contribution in [1.82, 2.24) is 9.44 Å². The summed E-state index contributed by atoms with van der Waals surface area (Å²) in [5.74, 6) is 0. The second kappa shape index (κ2) is 10.2. The zero-order valence-corrected chi connectivity index (χ0v) is 20.7. The molecule has 0 bridgehead atoms. The van der Waals surface area contributed by atoms with Crippen molar-refractivity contribution in [1.29, 1.82) is 10.5 Å². The highest BCUT2D eigenvalue weighted by molar-refractivity contribution is 7.87. The molecular formula is C20H20Cl2N6O4S2. The van der Waals surface area contributed by atoms with Gasteiger partial charge in [-0.1, -0.05) is 23.2 Å². The second-order valence-electron chi connectivity index (χ2n) is 7.79. The molecule has 34 heavy (non-hydrogen) atoms. The van der Waals surface area contributed by atoms with E-state index in [4.69, 9.17) is 44.0 Å². The molecule has 4 rings (SSSR count). The number of nitrogens with one attached hydrogen (secondary N) is 2. The Morgan fingerprint density at radius 2 is 1.12 bits per heavy atom. The largest absolute Gasteiger partial charge is 0.274 e. The molecule has 180 valence electrons. The summed E-state index contributed by atoms with van der Waals surface area (Å²) >= 11 is 12.1. The summed E-state index contributed by atoms with van der Waals surface area (Å²) in [5.41, 5.74) is 4.19. The predicted molar refractivity (Wildman–Crippen MR) is 127 cm³/mol. The molecule has 0 saturated carbocycles. The highest BCUT2D eigenvalue weighted by Crippen LogP contribution is 2.38. The number of aryl methyl sites for hydroxylation is 2. The third-order valence-corrected chi connectivity index (χ3v) is 7.25. The average molecular weight is 543 g/mol. The molecule has 2 atom stereocenters. The smallest absolute Gasteiger partial charge is 0.216 e. The van der Waals surface area contributed by atoms with Crippen molar-refractivity contribution < 1.29 is 16.8 Å². The third kappa shape index (κ3) is 6.44. The molecule has 2 aliphatic rings. The maximum Gasteiger partial charge on any atom is 0.274 e. The molecule has 0 aliphatic heterocycles. The van der Waals surface area contributed by atoms with E-state index < -0.39 is 32.5 Å². The van der Waals surface area contributed by atoms with Crippen molar-refractivity contribution in [3.05, 3.63) is 67.7 Å². The molecule has 14 heteroatoms. The molecule has 10 nitrogen and oxygen atoms in total. The van der Waals surface area contributed by atoms with Gasteiger partial charge in [0.25, 0.3) is 20.4 Å². The van der Waals surface area contributed by atoms with E-state index in [9.17, 15) is 16.8 Å². The predicted octanol–water partition coefficient (Wildman–Crippen LogP) is 1.98. The van der Waals surface area contributed by atoms with Gasteiger partial charge in [-0.2, -0.15) is 36.8 Å². The van der Waals surface area contributed by atoms with E-state index in [-0.39, 0.29) is 0 Å². The van der Waals surface area contributed by atoms with E-state index in [0.717, 1.165) is 22.3 Å². The van der Waals surface area contributed by atoms with Crippen LogP contribution in [0.3, 0.4) is 0 Å². The summed E-state index contributed by atoms with van der Waals surface area (Å²) in [6.07, 6.45) is 2.55. The lowest BCUT2D eigenvalue weighted by atomic mass is 10.1. The second-order valence-corrected chi connectivity index (χ2v) is 11.3. The molecule has 0 aromatic heterocycles. The standard InChI is InChI=1S/2C10H10ClN3O2S/c2*11-8-4-6(5-12)3-7-1-2-9(10(7)8)14-17(13,15)16/h2*3-4,9,14H,1-2H2,(H2,13,15,16)/t2*9-/m10/s1. The van der Waals surface area contributed by atoms with Crippen LogP contribution < -0.4 is 19.7 Å². The minimum atomic E-state index is -3.76. The number of hydrogen-bond acceptors (Lipinski definition) is 6. The summed E-state index contributed by atoms with van der Waals surface area (Å²) in [6.45, 7) is 0. The number of halogens is 2. The summed E-state index contributed by atoms with van der Waals surface area (Å²) in [5, 5.41) is 28.3. The van der Waals surface area contributed by atoms with Gasteiger partial charge in [-0.05, 0) is 72.2 Å². The molecule has 0 saturated heterocycles. The minimum Gasteiger partial charge on any atom is -0.216 e. The first-order valence-electron chi connectivity index (χ1n) is 9.86. The van der Waals surface area contributed by atoms with Crippen LogP contribution in [0.1, 0.15) is 58.3 Å². The average Bonchev–Trinajstić information content (AvgIpc) is 3.30. The van der Waals surface area contributed by atoms with Gasteiger partial charge < -0.3 is 0 Å². The van der Waals surface area contributed by atoms with E-state index in [0.29, 0.717) is 46.9 Å². The Kier molecular flexibility index (Phi) is 7.87. The Morgan fingerprint density at radius 1 is 0.765 bits per heavy atom. The van der Waals surface area contributed by atoms with Crippen molar-refractivity contribution in [3.8, 4) is 12.1 Å². The molecule has 0 amide bonds. The lowest BCUT2D eigenvalue weighted by molar-refractivity contribution is 0.554. The Balaban J connectivity index is 0.000000191. The van der Waals surface area contributed by atoms with Crippen LogP contribution in [-0.4, -0.2) is 16.8 Å². The zero-order valence-electron chi connectivity index (χ0n) is 17.5. The van der Waals surface area contributed by atoms with E-state index >= 15 is 0 Å². The van der Waals surface area contributed by atoms with Crippen LogP contribution >= 0.6 is 23.2 Å². The molecule has 0 spiro atoms. The molecule has 0 fully saturated rings. The molecule has 2 aliphatic carbocycles. The minimum absolute atomic E-state index is 0.401. The molecule has 2 aromatic rings. The van der Waals surface area contributed by atoms with E-state index in [1.54, 1.807) is 12.1 Å². The van der Waals surface area contributed by atoms with Gasteiger partial charge in [0.1, 0.15) is 0 Å². The number of rotatable bonds is 4. The number of nitriles is 2. The Hall–Kier alpha value is -2.26. The number of nitrogens with two attached hydrogens (primary N) is 2. The van der Waals surface area contributed by atoms with Crippen molar-refractivity contribution in [3.63, 3.8) is 0 Å². The van der Waals surface area contributed by atoms with Gasteiger partial charge in [-0.15, -0.1) is 0 Å². The van der Waals surface area contributed by atoms with Crippen molar-refractivity contribution in [2.45, 2.75) is 37.8 Å². The highest BCUT2D eigenvalue weighted by Gasteiger charge is 2.29. The monoisotopic (exact) mass is 542 g/mol. The quantitative estimate of drug-likeness (QED) is 0.455. The topological polar surface area (TPSA) is 192 Å². The fraction of sp³-hybridized carbons (Fsp3) is 0.300. The van der Waals surface area contributed by atoms with E-state index in [1.165, 1.54) is 12.1 Å². The van der Waals surface area contributed by atoms with Crippen molar-refractivity contribution >= 4 is 43.6 Å². The normalized spacial score (nSPS) is 18.8. The maximum atomic E-state index is 11.0. The molecule has 0 heterocycles. The fourth-order valence-corrected chi connectivity index (χ4v) is 6.20. The van der Waals surface area contributed by atoms with Crippen LogP contribution in [0, 0.1) is 22.7 Å². The van der Waals surface area contributed by atoms with Gasteiger partial charge in [0.2, 0.25) is 0 Å². The van der Waals surface area contributed by atoms with Crippen molar-refractivity contribution in [2.75, 3.05) is 0 Å². The molecule has 6 N–H and O–H groups in total. The van der Waals surface area contributed by atoms with Crippen LogP contribution in [-0.2, 0) is 33.3 Å². The third-order valence-electron chi connectivity index (χ3n) is 5.40. The molecular weight excluding hydrogens is 523 g/mol. The summed E-state index contributed by atoms with van der Waals surface area (Å²) in [4.78, 5) is 0. The van der Waals surface area contributed by atoms with E-state index in [2.05, 4.69) is 9.44 Å². The molecule has 0 unspecified atom stereocenters. The lowest BCUT2D eigenvalue weighted by Gasteiger charge is -2.13. The number of hydrogen-bond donors (Lipinski definition) is 4. The highest BCUT2D eigenvalue weighted by atomic mass is 35.5. The van der Waals surface area contributed by atoms with Crippen LogP contribution in [0.2, 0.25) is 10.0 Å². The summed E-state index contributed by atoms with van der Waals surface area (Å²) < 4.78 is 48.7. The van der Waals surface area contributed by atoms with Gasteiger partial charge in [-0.25, -0.2) is 10.3 Å². The van der Waals surface area contributed by atoms with E-state index in [1.807, 2.05) is 12.1 Å². The summed E-state index contributed by atoms with van der Waals surface area (Å²) in [6, 6.07) is 9.74. The van der Waals surface area contributed by atoms with Gasteiger partial charge in [-0.3, -0.25) is 0 Å². The summed E-state index contributed by atoms with van der Waals surface area (Å²) in [7, 11) is -7.51. The first-order chi connectivity index (χ1) is 15.8. The number of nitrogens with zero attached hydrogens (tertiary/aromatic N) is 2. The molecule has 0 radical (unpaired) electrons. The van der Waals surface area contributed by atoms with Gasteiger partial charge >= 0.3 is 0 Å². The van der Waals surface area contributed by atoms with Crippen molar-refractivity contribution in [2.24, 2.45) is 10.3 Å².